The Kier molecular flexibility index (Phi) is 7.77. The molecule has 5 nitrogen and oxygen atoms in total. The summed E-state index contributed by atoms with van der Waals surface area (Å²) in [6.45, 7) is 6.32. The molecule has 0 radical (unpaired) electrons. The van der Waals surface area contributed by atoms with Crippen molar-refractivity contribution >= 4 is 36.5 Å². The summed E-state index contributed by atoms with van der Waals surface area (Å²) < 4.78 is 0. The number of likely N-dealkylation sites (tertiary alicyclic amines) is 1. The van der Waals surface area contributed by atoms with Crippen LogP contribution < -0.4 is 10.6 Å². The number of pyridine rings is 1. The average Bonchev–Trinajstić information content (AvgIpc) is 2.98. The van der Waals surface area contributed by atoms with Gasteiger partial charge in [-0.05, 0) is 49.8 Å². The fraction of sp³-hybridized carbons (Fsp3) is 0.647. The highest BCUT2D eigenvalue weighted by atomic mass is 35.5. The standard InChI is InChI=1S/C17H26N4O.2ClH/c1-17(12-18)7-11-21(13-17)16(22)14-6-5-8-19-15(14)20-9-3-2-4-10-20;;/h5-6,8H,2-4,7,9-13,18H2,1H3;2*1H. The number of piperidine rings is 1. The molecule has 2 fully saturated rings. The molecule has 2 saturated heterocycles. The third kappa shape index (κ3) is 4.32. The number of aromatic nitrogens is 1. The summed E-state index contributed by atoms with van der Waals surface area (Å²) in [4.78, 5) is 21.6. The Balaban J connectivity index is 0.00000144. The fourth-order valence-electron chi connectivity index (χ4n) is 3.46. The second-order valence-electron chi connectivity index (χ2n) is 6.91. The number of anilines is 1. The topological polar surface area (TPSA) is 62.5 Å². The lowest BCUT2D eigenvalue weighted by molar-refractivity contribution is 0.0777. The van der Waals surface area contributed by atoms with Crippen LogP contribution in [0.25, 0.3) is 0 Å². The highest BCUT2D eigenvalue weighted by Gasteiger charge is 2.36. The van der Waals surface area contributed by atoms with Crippen LogP contribution in [0, 0.1) is 5.41 Å². The van der Waals surface area contributed by atoms with Crippen LogP contribution in [0.2, 0.25) is 0 Å². The van der Waals surface area contributed by atoms with Gasteiger partial charge in [-0.3, -0.25) is 4.79 Å². The van der Waals surface area contributed by atoms with Gasteiger partial charge in [-0.1, -0.05) is 6.92 Å². The molecule has 3 rings (SSSR count). The van der Waals surface area contributed by atoms with Crippen LogP contribution in [-0.2, 0) is 0 Å². The molecule has 2 N–H and O–H groups in total. The van der Waals surface area contributed by atoms with Crippen molar-refractivity contribution in [1.29, 1.82) is 0 Å². The van der Waals surface area contributed by atoms with E-state index >= 15 is 0 Å². The van der Waals surface area contributed by atoms with Crippen LogP contribution in [0.1, 0.15) is 43.0 Å². The van der Waals surface area contributed by atoms with E-state index in [1.54, 1.807) is 6.20 Å². The highest BCUT2D eigenvalue weighted by molar-refractivity contribution is 5.99. The molecule has 2 aliphatic rings. The van der Waals surface area contributed by atoms with Crippen LogP contribution >= 0.6 is 24.8 Å². The number of nitrogens with zero attached hydrogens (tertiary/aromatic N) is 3. The molecule has 2 aliphatic heterocycles. The normalized spacial score (nSPS) is 23.4. The summed E-state index contributed by atoms with van der Waals surface area (Å²) in [7, 11) is 0. The van der Waals surface area contributed by atoms with E-state index in [4.69, 9.17) is 5.73 Å². The number of hydrogen-bond acceptors (Lipinski definition) is 4. The predicted molar refractivity (Wildman–Crippen MR) is 102 cm³/mol. The maximum absolute atomic E-state index is 12.9. The summed E-state index contributed by atoms with van der Waals surface area (Å²) in [5.41, 5.74) is 6.66. The molecule has 3 heterocycles. The molecule has 0 aromatic carbocycles. The van der Waals surface area contributed by atoms with Crippen molar-refractivity contribution in [3.63, 3.8) is 0 Å². The van der Waals surface area contributed by atoms with Gasteiger partial charge >= 0.3 is 0 Å². The minimum atomic E-state index is 0. The first-order chi connectivity index (χ1) is 10.6. The van der Waals surface area contributed by atoms with Gasteiger partial charge in [0.1, 0.15) is 5.82 Å². The van der Waals surface area contributed by atoms with Gasteiger partial charge in [-0.25, -0.2) is 4.98 Å². The van der Waals surface area contributed by atoms with E-state index < -0.39 is 0 Å². The molecule has 1 amide bonds. The second-order valence-corrected chi connectivity index (χ2v) is 6.91. The van der Waals surface area contributed by atoms with Crippen LogP contribution in [0.5, 0.6) is 0 Å². The van der Waals surface area contributed by atoms with E-state index in [2.05, 4.69) is 16.8 Å². The van der Waals surface area contributed by atoms with Crippen LogP contribution in [0.15, 0.2) is 18.3 Å². The zero-order valence-electron chi connectivity index (χ0n) is 14.2. The van der Waals surface area contributed by atoms with E-state index in [0.29, 0.717) is 6.54 Å². The van der Waals surface area contributed by atoms with E-state index in [-0.39, 0.29) is 36.1 Å². The Morgan fingerprint density at radius 2 is 1.96 bits per heavy atom. The van der Waals surface area contributed by atoms with Gasteiger partial charge in [0.15, 0.2) is 0 Å². The van der Waals surface area contributed by atoms with Crippen molar-refractivity contribution in [2.45, 2.75) is 32.6 Å². The predicted octanol–water partition coefficient (Wildman–Crippen LogP) is 2.73. The molecule has 1 aromatic rings. The van der Waals surface area contributed by atoms with Gasteiger partial charge in [-0.15, -0.1) is 24.8 Å². The molecular weight excluding hydrogens is 347 g/mol. The second kappa shape index (κ2) is 8.88. The molecule has 24 heavy (non-hydrogen) atoms. The first-order valence-electron chi connectivity index (χ1n) is 8.32. The molecule has 1 aromatic heterocycles. The van der Waals surface area contributed by atoms with Gasteiger partial charge in [0.2, 0.25) is 0 Å². The Morgan fingerprint density at radius 3 is 2.58 bits per heavy atom. The maximum Gasteiger partial charge on any atom is 0.257 e. The monoisotopic (exact) mass is 374 g/mol. The van der Waals surface area contributed by atoms with Crippen molar-refractivity contribution in [2.24, 2.45) is 11.1 Å². The van der Waals surface area contributed by atoms with Gasteiger partial charge in [0.05, 0.1) is 5.56 Å². The largest absolute Gasteiger partial charge is 0.356 e. The summed E-state index contributed by atoms with van der Waals surface area (Å²) in [5, 5.41) is 0. The van der Waals surface area contributed by atoms with Gasteiger partial charge in [0, 0.05) is 32.4 Å². The summed E-state index contributed by atoms with van der Waals surface area (Å²) >= 11 is 0. The third-order valence-corrected chi connectivity index (χ3v) is 5.01. The van der Waals surface area contributed by atoms with Crippen LogP contribution in [0.3, 0.4) is 0 Å². The van der Waals surface area contributed by atoms with Gasteiger partial charge in [-0.2, -0.15) is 0 Å². The fourth-order valence-corrected chi connectivity index (χ4v) is 3.46. The number of nitrogens with two attached hydrogens (primary N) is 1. The van der Waals surface area contributed by atoms with E-state index in [9.17, 15) is 4.79 Å². The van der Waals surface area contributed by atoms with Crippen molar-refractivity contribution in [2.75, 3.05) is 37.6 Å². The minimum absolute atomic E-state index is 0. The lowest BCUT2D eigenvalue weighted by atomic mass is 9.90. The molecule has 0 aliphatic carbocycles. The van der Waals surface area contributed by atoms with Crippen LogP contribution in [-0.4, -0.2) is 48.5 Å². The number of halogens is 2. The summed E-state index contributed by atoms with van der Waals surface area (Å²) in [6, 6.07) is 3.77. The molecular formula is C17H28Cl2N4O. The average molecular weight is 375 g/mol. The van der Waals surface area contributed by atoms with Gasteiger partial charge in [0.25, 0.3) is 5.91 Å². The molecule has 0 bridgehead atoms. The number of rotatable bonds is 3. The molecule has 1 unspecified atom stereocenters. The Morgan fingerprint density at radius 1 is 1.25 bits per heavy atom. The zero-order chi connectivity index (χ0) is 15.6. The SMILES string of the molecule is CC1(CN)CCN(C(=O)c2cccnc2N2CCCCC2)C1.Cl.Cl. The first kappa shape index (κ1) is 21.0. The molecule has 136 valence electrons. The first-order valence-corrected chi connectivity index (χ1v) is 8.32. The van der Waals surface area contributed by atoms with Crippen molar-refractivity contribution in [3.8, 4) is 0 Å². The van der Waals surface area contributed by atoms with Crippen LogP contribution in [0.4, 0.5) is 5.82 Å². The number of amides is 1. The van der Waals surface area contributed by atoms with Crippen molar-refractivity contribution < 1.29 is 4.79 Å². The van der Waals surface area contributed by atoms with E-state index in [0.717, 1.165) is 44.0 Å². The number of hydrogen-bond donors (Lipinski definition) is 1. The lowest BCUT2D eigenvalue weighted by Gasteiger charge is -2.30. The smallest absolute Gasteiger partial charge is 0.257 e. The highest BCUT2D eigenvalue weighted by Crippen LogP contribution is 2.31. The minimum Gasteiger partial charge on any atom is -0.356 e. The van der Waals surface area contributed by atoms with E-state index in [1.807, 2.05) is 17.0 Å². The number of carbonyl (C=O) groups is 1. The Labute approximate surface area is 156 Å². The zero-order valence-corrected chi connectivity index (χ0v) is 15.9. The Bertz CT molecular complexity index is 551. The summed E-state index contributed by atoms with van der Waals surface area (Å²) in [5.74, 6) is 0.958. The Hall–Kier alpha value is -1.04. The number of carbonyl (C=O) groups excluding carboxylic acids is 1. The lowest BCUT2D eigenvalue weighted by Crippen LogP contribution is -2.36. The summed E-state index contributed by atoms with van der Waals surface area (Å²) in [6.07, 6.45) is 6.40. The van der Waals surface area contributed by atoms with Crippen molar-refractivity contribution in [1.82, 2.24) is 9.88 Å². The van der Waals surface area contributed by atoms with Crippen molar-refractivity contribution in [3.05, 3.63) is 23.9 Å². The quantitative estimate of drug-likeness (QED) is 0.883. The molecule has 1 atom stereocenters. The van der Waals surface area contributed by atoms with Gasteiger partial charge < -0.3 is 15.5 Å². The molecule has 7 heteroatoms. The maximum atomic E-state index is 12.9. The van der Waals surface area contributed by atoms with E-state index in [1.165, 1.54) is 19.3 Å². The third-order valence-electron chi connectivity index (χ3n) is 5.01. The molecule has 0 saturated carbocycles. The molecule has 0 spiro atoms.